The van der Waals surface area contributed by atoms with E-state index in [1.54, 1.807) is 11.8 Å². The van der Waals surface area contributed by atoms with Crippen LogP contribution in [0.3, 0.4) is 0 Å². The summed E-state index contributed by atoms with van der Waals surface area (Å²) in [7, 11) is 1.28. The largest absolute Gasteiger partial charge is 0.465 e. The number of carbonyl (C=O) groups excluding carboxylic acids is 4. The Morgan fingerprint density at radius 1 is 1.10 bits per heavy atom. The van der Waals surface area contributed by atoms with Crippen LogP contribution in [0.15, 0.2) is 24.3 Å². The van der Waals surface area contributed by atoms with E-state index in [4.69, 9.17) is 4.74 Å². The van der Waals surface area contributed by atoms with Gasteiger partial charge >= 0.3 is 11.9 Å². The van der Waals surface area contributed by atoms with Gasteiger partial charge in [-0.25, -0.2) is 9.59 Å². The minimum Gasteiger partial charge on any atom is -0.465 e. The maximum atomic E-state index is 12.7. The van der Waals surface area contributed by atoms with Crippen molar-refractivity contribution in [3.05, 3.63) is 51.4 Å². The van der Waals surface area contributed by atoms with Gasteiger partial charge < -0.3 is 19.7 Å². The van der Waals surface area contributed by atoms with Crippen molar-refractivity contribution in [3.8, 4) is 0 Å². The standard InChI is InChI=1S/C21H22N2O6S/c1-4-29-21(27)17-15-9-10-23(12(2)24)11-16(15)30-19(17)22-18(25)13-5-7-14(8-6-13)20(26)28-3/h5-8H,4,9-11H2,1-3H3,(H,22,25). The average molecular weight is 430 g/mol. The molecule has 9 heteroatoms. The van der Waals surface area contributed by atoms with E-state index in [1.807, 2.05) is 0 Å². The predicted molar refractivity (Wildman–Crippen MR) is 111 cm³/mol. The lowest BCUT2D eigenvalue weighted by molar-refractivity contribution is -0.129. The molecule has 3 rings (SSSR count). The number of ether oxygens (including phenoxy) is 2. The first kappa shape index (κ1) is 21.5. The first-order valence-corrected chi connectivity index (χ1v) is 10.2. The van der Waals surface area contributed by atoms with Crippen molar-refractivity contribution >= 4 is 40.1 Å². The number of thiophene rings is 1. The lowest BCUT2D eigenvalue weighted by atomic mass is 10.0. The molecule has 1 aromatic heterocycles. The number of benzene rings is 1. The fourth-order valence-electron chi connectivity index (χ4n) is 3.23. The minimum atomic E-state index is -0.498. The summed E-state index contributed by atoms with van der Waals surface area (Å²) in [6.45, 7) is 4.34. The van der Waals surface area contributed by atoms with E-state index in [-0.39, 0.29) is 12.5 Å². The summed E-state index contributed by atoms with van der Waals surface area (Å²) >= 11 is 1.27. The number of hydrogen-bond donors (Lipinski definition) is 1. The van der Waals surface area contributed by atoms with Crippen molar-refractivity contribution in [3.63, 3.8) is 0 Å². The van der Waals surface area contributed by atoms with E-state index in [2.05, 4.69) is 10.1 Å². The lowest BCUT2D eigenvalue weighted by Gasteiger charge is -2.25. The molecule has 1 aliphatic heterocycles. The van der Waals surface area contributed by atoms with Gasteiger partial charge in [0.25, 0.3) is 5.91 Å². The number of amides is 2. The summed E-state index contributed by atoms with van der Waals surface area (Å²) in [5, 5.41) is 3.18. The van der Waals surface area contributed by atoms with E-state index in [0.29, 0.717) is 41.2 Å². The molecule has 0 radical (unpaired) electrons. The van der Waals surface area contributed by atoms with Crippen molar-refractivity contribution in [2.75, 3.05) is 25.6 Å². The number of fused-ring (bicyclic) bond motifs is 1. The van der Waals surface area contributed by atoms with Crippen LogP contribution in [-0.2, 0) is 27.2 Å². The van der Waals surface area contributed by atoms with E-state index in [1.165, 1.54) is 49.6 Å². The average Bonchev–Trinajstić information content (AvgIpc) is 3.10. The zero-order chi connectivity index (χ0) is 21.8. The number of nitrogens with one attached hydrogen (secondary N) is 1. The number of esters is 2. The van der Waals surface area contributed by atoms with Crippen LogP contribution in [0.4, 0.5) is 5.00 Å². The molecule has 2 aromatic rings. The Morgan fingerprint density at radius 3 is 2.37 bits per heavy atom. The Morgan fingerprint density at radius 2 is 1.77 bits per heavy atom. The Hall–Kier alpha value is -3.20. The van der Waals surface area contributed by atoms with Gasteiger partial charge in [-0.1, -0.05) is 0 Å². The minimum absolute atomic E-state index is 0.0389. The highest BCUT2D eigenvalue weighted by Crippen LogP contribution is 2.38. The zero-order valence-electron chi connectivity index (χ0n) is 16.9. The van der Waals surface area contributed by atoms with Crippen LogP contribution in [0.1, 0.15) is 55.4 Å². The number of carbonyl (C=O) groups is 4. The fraction of sp³-hybridized carbons (Fsp3) is 0.333. The third kappa shape index (κ3) is 4.35. The third-order valence-electron chi connectivity index (χ3n) is 4.78. The molecule has 30 heavy (non-hydrogen) atoms. The van der Waals surface area contributed by atoms with Crippen LogP contribution >= 0.6 is 11.3 Å². The fourth-order valence-corrected chi connectivity index (χ4v) is 4.48. The second-order valence-electron chi connectivity index (χ2n) is 6.64. The normalized spacial score (nSPS) is 12.7. The summed E-state index contributed by atoms with van der Waals surface area (Å²) in [4.78, 5) is 51.2. The molecule has 1 aliphatic rings. The van der Waals surface area contributed by atoms with E-state index < -0.39 is 17.8 Å². The maximum absolute atomic E-state index is 12.7. The molecule has 8 nitrogen and oxygen atoms in total. The van der Waals surface area contributed by atoms with Gasteiger partial charge in [0.2, 0.25) is 5.91 Å². The molecular formula is C21H22N2O6S. The van der Waals surface area contributed by atoms with Gasteiger partial charge in [-0.05, 0) is 43.2 Å². The summed E-state index contributed by atoms with van der Waals surface area (Å²) in [5.74, 6) is -1.45. The van der Waals surface area contributed by atoms with Crippen molar-refractivity contribution in [2.45, 2.75) is 26.8 Å². The summed E-state index contributed by atoms with van der Waals surface area (Å²) in [5.41, 5.74) is 1.82. The molecule has 0 saturated heterocycles. The van der Waals surface area contributed by atoms with Crippen molar-refractivity contribution < 1.29 is 28.7 Å². The molecule has 1 aromatic carbocycles. The van der Waals surface area contributed by atoms with Crippen molar-refractivity contribution in [2.24, 2.45) is 0 Å². The number of hydrogen-bond acceptors (Lipinski definition) is 7. The van der Waals surface area contributed by atoms with Crippen LogP contribution in [0.2, 0.25) is 0 Å². The van der Waals surface area contributed by atoms with Crippen LogP contribution in [0, 0.1) is 0 Å². The molecule has 2 heterocycles. The van der Waals surface area contributed by atoms with E-state index >= 15 is 0 Å². The SMILES string of the molecule is CCOC(=O)c1c(NC(=O)c2ccc(C(=O)OC)cc2)sc2c1CCN(C(C)=O)C2. The zero-order valence-corrected chi connectivity index (χ0v) is 17.8. The van der Waals surface area contributed by atoms with Gasteiger partial charge in [0.15, 0.2) is 0 Å². The van der Waals surface area contributed by atoms with Crippen molar-refractivity contribution in [1.82, 2.24) is 4.90 Å². The molecule has 0 unspecified atom stereocenters. The molecule has 0 atom stereocenters. The molecule has 0 saturated carbocycles. The first-order valence-electron chi connectivity index (χ1n) is 9.42. The number of methoxy groups -OCH3 is 1. The van der Waals surface area contributed by atoms with Gasteiger partial charge in [0.1, 0.15) is 5.00 Å². The van der Waals surface area contributed by atoms with Gasteiger partial charge in [0.05, 0.1) is 31.4 Å². The monoisotopic (exact) mass is 430 g/mol. The highest BCUT2D eigenvalue weighted by Gasteiger charge is 2.30. The topological polar surface area (TPSA) is 102 Å². The van der Waals surface area contributed by atoms with E-state index in [0.717, 1.165) is 10.4 Å². The summed E-state index contributed by atoms with van der Waals surface area (Å²) in [6, 6.07) is 6.02. The number of rotatable bonds is 5. The highest BCUT2D eigenvalue weighted by molar-refractivity contribution is 7.17. The number of nitrogens with zero attached hydrogens (tertiary/aromatic N) is 1. The van der Waals surface area contributed by atoms with Crippen LogP contribution in [-0.4, -0.2) is 48.9 Å². The van der Waals surface area contributed by atoms with E-state index in [9.17, 15) is 19.2 Å². The quantitative estimate of drug-likeness (QED) is 0.732. The molecule has 2 amide bonds. The third-order valence-corrected chi connectivity index (χ3v) is 5.91. The molecular weight excluding hydrogens is 408 g/mol. The molecule has 158 valence electrons. The van der Waals surface area contributed by atoms with Gasteiger partial charge in [-0.2, -0.15) is 0 Å². The van der Waals surface area contributed by atoms with Crippen LogP contribution in [0.25, 0.3) is 0 Å². The van der Waals surface area contributed by atoms with Gasteiger partial charge in [-0.15, -0.1) is 11.3 Å². The maximum Gasteiger partial charge on any atom is 0.341 e. The second-order valence-corrected chi connectivity index (χ2v) is 7.75. The van der Waals surface area contributed by atoms with Gasteiger partial charge in [0, 0.05) is 23.9 Å². The Balaban J connectivity index is 1.89. The smallest absolute Gasteiger partial charge is 0.341 e. The molecule has 0 fully saturated rings. The lowest BCUT2D eigenvalue weighted by Crippen LogP contribution is -2.34. The molecule has 0 bridgehead atoms. The first-order chi connectivity index (χ1) is 14.3. The van der Waals surface area contributed by atoms with Crippen LogP contribution in [0.5, 0.6) is 0 Å². The number of anilines is 1. The summed E-state index contributed by atoms with van der Waals surface area (Å²) in [6.07, 6.45) is 0.517. The summed E-state index contributed by atoms with van der Waals surface area (Å²) < 4.78 is 9.85. The predicted octanol–water partition coefficient (Wildman–Crippen LogP) is 2.87. The molecule has 0 aliphatic carbocycles. The highest BCUT2D eigenvalue weighted by atomic mass is 32.1. The van der Waals surface area contributed by atoms with Crippen molar-refractivity contribution in [1.29, 1.82) is 0 Å². The Kier molecular flexibility index (Phi) is 6.51. The second kappa shape index (κ2) is 9.08. The van der Waals surface area contributed by atoms with Crippen LogP contribution < -0.4 is 5.32 Å². The Labute approximate surface area is 177 Å². The van der Waals surface area contributed by atoms with Gasteiger partial charge in [-0.3, -0.25) is 9.59 Å². The Bertz CT molecular complexity index is 996. The molecule has 1 N–H and O–H groups in total. The molecule has 0 spiro atoms.